The molecule has 0 aromatic heterocycles. The van der Waals surface area contributed by atoms with E-state index in [1.165, 1.54) is 11.6 Å². The molecule has 1 aliphatic heterocycles. The number of hydrogen-bond donors (Lipinski definition) is 1. The molecule has 3 rings (SSSR count). The maximum Gasteiger partial charge on any atom is 0.257 e. The molecule has 0 aliphatic carbocycles. The molecule has 1 saturated heterocycles. The van der Waals surface area contributed by atoms with Crippen LogP contribution in [0.25, 0.3) is 0 Å². The van der Waals surface area contributed by atoms with Crippen LogP contribution in [0.5, 0.6) is 11.5 Å². The van der Waals surface area contributed by atoms with Gasteiger partial charge in [-0.15, -0.1) is 0 Å². The van der Waals surface area contributed by atoms with Crippen molar-refractivity contribution in [2.45, 2.75) is 19.8 Å². The number of rotatable bonds is 6. The van der Waals surface area contributed by atoms with Gasteiger partial charge in [0.25, 0.3) is 5.91 Å². The summed E-state index contributed by atoms with van der Waals surface area (Å²) in [6.07, 6.45) is 1.09. The van der Waals surface area contributed by atoms with E-state index in [0.717, 1.165) is 5.75 Å². The lowest BCUT2D eigenvalue weighted by Gasteiger charge is -2.35. The van der Waals surface area contributed by atoms with Crippen LogP contribution < -0.4 is 4.74 Å². The van der Waals surface area contributed by atoms with Crippen molar-refractivity contribution in [2.75, 3.05) is 32.8 Å². The van der Waals surface area contributed by atoms with E-state index in [1.54, 1.807) is 28.0 Å². The van der Waals surface area contributed by atoms with E-state index < -0.39 is 0 Å². The predicted molar refractivity (Wildman–Crippen MR) is 106 cm³/mol. The van der Waals surface area contributed by atoms with Crippen LogP contribution >= 0.6 is 0 Å². The Morgan fingerprint density at radius 1 is 0.964 bits per heavy atom. The van der Waals surface area contributed by atoms with E-state index >= 15 is 0 Å². The summed E-state index contributed by atoms with van der Waals surface area (Å²) in [7, 11) is 0. The van der Waals surface area contributed by atoms with Gasteiger partial charge in [-0.05, 0) is 37.6 Å². The predicted octanol–water partition coefficient (Wildman–Crippen LogP) is 2.84. The van der Waals surface area contributed by atoms with Gasteiger partial charge in [-0.1, -0.05) is 29.8 Å². The van der Waals surface area contributed by atoms with E-state index in [9.17, 15) is 14.7 Å². The van der Waals surface area contributed by atoms with Crippen molar-refractivity contribution in [3.63, 3.8) is 0 Å². The molecule has 2 amide bonds. The zero-order valence-electron chi connectivity index (χ0n) is 16.1. The fourth-order valence-electron chi connectivity index (χ4n) is 3.19. The molecule has 2 aromatic carbocycles. The van der Waals surface area contributed by atoms with Crippen LogP contribution in [0.15, 0.2) is 48.5 Å². The Morgan fingerprint density at radius 3 is 2.29 bits per heavy atom. The van der Waals surface area contributed by atoms with Gasteiger partial charge >= 0.3 is 0 Å². The maximum absolute atomic E-state index is 12.5. The van der Waals surface area contributed by atoms with Gasteiger partial charge in [-0.25, -0.2) is 0 Å². The third-order valence-corrected chi connectivity index (χ3v) is 4.88. The van der Waals surface area contributed by atoms with Crippen molar-refractivity contribution < 1.29 is 19.4 Å². The van der Waals surface area contributed by atoms with Crippen LogP contribution in [0.4, 0.5) is 0 Å². The first kappa shape index (κ1) is 19.7. The van der Waals surface area contributed by atoms with Crippen molar-refractivity contribution in [3.8, 4) is 11.5 Å². The first-order valence-corrected chi connectivity index (χ1v) is 9.59. The number of aromatic hydroxyl groups is 1. The normalized spacial score (nSPS) is 14.0. The number of carbonyl (C=O) groups is 2. The first-order chi connectivity index (χ1) is 13.5. The number of phenols is 1. The molecular weight excluding hydrogens is 356 g/mol. The summed E-state index contributed by atoms with van der Waals surface area (Å²) in [6, 6.07) is 14.4. The lowest BCUT2D eigenvalue weighted by Crippen LogP contribution is -2.50. The quantitative estimate of drug-likeness (QED) is 0.780. The molecule has 0 saturated carbocycles. The van der Waals surface area contributed by atoms with Gasteiger partial charge in [0.15, 0.2) is 0 Å². The largest absolute Gasteiger partial charge is 0.507 e. The molecule has 6 heteroatoms. The van der Waals surface area contributed by atoms with E-state index in [0.29, 0.717) is 51.2 Å². The summed E-state index contributed by atoms with van der Waals surface area (Å²) in [4.78, 5) is 28.4. The third kappa shape index (κ3) is 5.03. The third-order valence-electron chi connectivity index (χ3n) is 4.88. The Labute approximate surface area is 165 Å². The van der Waals surface area contributed by atoms with Crippen LogP contribution in [0.3, 0.4) is 0 Å². The second-order valence-electron chi connectivity index (χ2n) is 6.96. The van der Waals surface area contributed by atoms with E-state index in [2.05, 4.69) is 0 Å². The topological polar surface area (TPSA) is 70.1 Å². The number of nitrogens with zero attached hydrogens (tertiary/aromatic N) is 2. The van der Waals surface area contributed by atoms with Crippen LogP contribution in [0.2, 0.25) is 0 Å². The molecule has 2 aromatic rings. The Morgan fingerprint density at radius 2 is 1.61 bits per heavy atom. The lowest BCUT2D eigenvalue weighted by atomic mass is 10.1. The highest BCUT2D eigenvalue weighted by molar-refractivity contribution is 5.97. The standard InChI is InChI=1S/C22H26N2O4/c1-17-8-10-18(11-9-17)28-16-4-7-21(26)23-12-14-24(15-13-23)22(27)19-5-2-3-6-20(19)25/h2-3,5-6,8-11,25H,4,7,12-16H2,1H3. The molecular formula is C22H26N2O4. The number of aryl methyl sites for hydroxylation is 1. The summed E-state index contributed by atoms with van der Waals surface area (Å²) >= 11 is 0. The number of benzene rings is 2. The number of carbonyl (C=O) groups excluding carboxylic acids is 2. The zero-order valence-corrected chi connectivity index (χ0v) is 16.1. The molecule has 1 fully saturated rings. The number of ether oxygens (including phenoxy) is 1. The van der Waals surface area contributed by atoms with Crippen LogP contribution in [0.1, 0.15) is 28.8 Å². The molecule has 28 heavy (non-hydrogen) atoms. The minimum Gasteiger partial charge on any atom is -0.507 e. The number of phenolic OH excluding ortho intramolecular Hbond substituents is 1. The smallest absolute Gasteiger partial charge is 0.257 e. The summed E-state index contributed by atoms with van der Waals surface area (Å²) in [5, 5.41) is 9.84. The van der Waals surface area contributed by atoms with Gasteiger partial charge in [0.05, 0.1) is 12.2 Å². The van der Waals surface area contributed by atoms with Gasteiger partial charge in [0.2, 0.25) is 5.91 Å². The fourth-order valence-corrected chi connectivity index (χ4v) is 3.19. The number of para-hydroxylation sites is 1. The second-order valence-corrected chi connectivity index (χ2v) is 6.96. The van der Waals surface area contributed by atoms with Gasteiger partial charge in [-0.3, -0.25) is 9.59 Å². The van der Waals surface area contributed by atoms with Gasteiger partial charge < -0.3 is 19.6 Å². The molecule has 6 nitrogen and oxygen atoms in total. The second kappa shape index (κ2) is 9.26. The molecule has 0 unspecified atom stereocenters. The van der Waals surface area contributed by atoms with E-state index in [4.69, 9.17) is 4.74 Å². The zero-order chi connectivity index (χ0) is 19.9. The summed E-state index contributed by atoms with van der Waals surface area (Å²) in [5.74, 6) is 0.688. The van der Waals surface area contributed by atoms with Crippen molar-refractivity contribution in [1.82, 2.24) is 9.80 Å². The molecule has 0 bridgehead atoms. The molecule has 0 atom stereocenters. The van der Waals surface area contributed by atoms with Crippen molar-refractivity contribution in [2.24, 2.45) is 0 Å². The van der Waals surface area contributed by atoms with E-state index in [-0.39, 0.29) is 17.6 Å². The SMILES string of the molecule is Cc1ccc(OCCCC(=O)N2CCN(C(=O)c3ccccc3O)CC2)cc1. The highest BCUT2D eigenvalue weighted by Crippen LogP contribution is 2.19. The van der Waals surface area contributed by atoms with Gasteiger partial charge in [0, 0.05) is 32.6 Å². The minimum atomic E-state index is -0.198. The van der Waals surface area contributed by atoms with Crippen molar-refractivity contribution in [1.29, 1.82) is 0 Å². The average Bonchev–Trinajstić information content (AvgIpc) is 2.72. The number of piperazine rings is 1. The van der Waals surface area contributed by atoms with E-state index in [1.807, 2.05) is 31.2 Å². The molecule has 148 valence electrons. The van der Waals surface area contributed by atoms with Crippen molar-refractivity contribution >= 4 is 11.8 Å². The lowest BCUT2D eigenvalue weighted by molar-refractivity contribution is -0.132. The Hall–Kier alpha value is -3.02. The van der Waals surface area contributed by atoms with Gasteiger partial charge in [0.1, 0.15) is 11.5 Å². The molecule has 0 radical (unpaired) electrons. The first-order valence-electron chi connectivity index (χ1n) is 9.59. The molecule has 1 N–H and O–H groups in total. The minimum absolute atomic E-state index is 0.0143. The van der Waals surface area contributed by atoms with Crippen LogP contribution in [0, 0.1) is 6.92 Å². The van der Waals surface area contributed by atoms with Crippen molar-refractivity contribution in [3.05, 3.63) is 59.7 Å². The Balaban J connectivity index is 1.39. The highest BCUT2D eigenvalue weighted by Gasteiger charge is 2.25. The Bertz CT molecular complexity index is 812. The number of amides is 2. The fraction of sp³-hybridized carbons (Fsp3) is 0.364. The molecule has 1 aliphatic rings. The van der Waals surface area contributed by atoms with Crippen LogP contribution in [-0.2, 0) is 4.79 Å². The molecule has 0 spiro atoms. The number of hydrogen-bond acceptors (Lipinski definition) is 4. The summed E-state index contributed by atoms with van der Waals surface area (Å²) < 4.78 is 5.66. The summed E-state index contributed by atoms with van der Waals surface area (Å²) in [6.45, 7) is 4.49. The summed E-state index contributed by atoms with van der Waals surface area (Å²) in [5.41, 5.74) is 1.48. The molecule has 1 heterocycles. The monoisotopic (exact) mass is 382 g/mol. The highest BCUT2D eigenvalue weighted by atomic mass is 16.5. The Kier molecular flexibility index (Phi) is 6.53. The maximum atomic E-state index is 12.5. The van der Waals surface area contributed by atoms with Gasteiger partial charge in [-0.2, -0.15) is 0 Å². The van der Waals surface area contributed by atoms with Crippen LogP contribution in [-0.4, -0.2) is 59.5 Å². The average molecular weight is 382 g/mol.